The van der Waals surface area contributed by atoms with Crippen molar-refractivity contribution < 1.29 is 13.2 Å². The van der Waals surface area contributed by atoms with Crippen LogP contribution in [0.4, 0.5) is 13.2 Å². The number of hydrogen-bond acceptors (Lipinski definition) is 1. The summed E-state index contributed by atoms with van der Waals surface area (Å²) in [6.07, 6.45) is 0.280. The topological polar surface area (TPSA) is 26.0 Å². The molecule has 0 heterocycles. The molecule has 0 fully saturated rings. The zero-order valence-electron chi connectivity index (χ0n) is 9.84. The summed E-state index contributed by atoms with van der Waals surface area (Å²) in [5.74, 6) is -2.28. The van der Waals surface area contributed by atoms with E-state index in [0.29, 0.717) is 11.1 Å². The number of halogens is 4. The van der Waals surface area contributed by atoms with Crippen molar-refractivity contribution in [1.82, 2.24) is 0 Å². The van der Waals surface area contributed by atoms with Crippen molar-refractivity contribution in [3.05, 3.63) is 70.0 Å². The first kappa shape index (κ1) is 13.9. The molecule has 1 unspecified atom stereocenters. The van der Waals surface area contributed by atoms with Crippen molar-refractivity contribution in [2.75, 3.05) is 0 Å². The van der Waals surface area contributed by atoms with E-state index in [4.69, 9.17) is 17.3 Å². The fourth-order valence-corrected chi connectivity index (χ4v) is 2.14. The van der Waals surface area contributed by atoms with Gasteiger partial charge in [0.1, 0.15) is 5.82 Å². The molecule has 1 atom stereocenters. The van der Waals surface area contributed by atoms with Crippen LogP contribution >= 0.6 is 11.6 Å². The smallest absolute Gasteiger partial charge is 0.159 e. The Bertz CT molecular complexity index is 601. The summed E-state index contributed by atoms with van der Waals surface area (Å²) in [4.78, 5) is 0. The molecule has 19 heavy (non-hydrogen) atoms. The molecule has 0 spiro atoms. The van der Waals surface area contributed by atoms with Crippen LogP contribution in [-0.4, -0.2) is 0 Å². The quantitative estimate of drug-likeness (QED) is 0.906. The van der Waals surface area contributed by atoms with E-state index in [1.165, 1.54) is 24.3 Å². The van der Waals surface area contributed by atoms with Gasteiger partial charge in [-0.2, -0.15) is 0 Å². The van der Waals surface area contributed by atoms with Crippen LogP contribution in [0, 0.1) is 17.5 Å². The Kier molecular flexibility index (Phi) is 4.12. The molecule has 0 radical (unpaired) electrons. The average molecular weight is 286 g/mol. The Morgan fingerprint density at radius 1 is 1.00 bits per heavy atom. The molecule has 0 saturated heterocycles. The van der Waals surface area contributed by atoms with Gasteiger partial charge in [-0.3, -0.25) is 0 Å². The third-order valence-corrected chi connectivity index (χ3v) is 3.13. The molecule has 5 heteroatoms. The predicted molar refractivity (Wildman–Crippen MR) is 68.4 cm³/mol. The maximum Gasteiger partial charge on any atom is 0.159 e. The summed E-state index contributed by atoms with van der Waals surface area (Å²) in [5, 5.41) is 0.218. The number of benzene rings is 2. The standard InChI is InChI=1S/C14H11ClF3N/c15-11-7-9(16)2-3-10(11)14(19)6-8-1-4-12(17)13(18)5-8/h1-5,7,14H,6,19H2. The van der Waals surface area contributed by atoms with Gasteiger partial charge in [0.05, 0.1) is 0 Å². The van der Waals surface area contributed by atoms with Gasteiger partial charge < -0.3 is 5.73 Å². The zero-order chi connectivity index (χ0) is 14.0. The molecule has 2 rings (SSSR count). The molecule has 2 aromatic carbocycles. The molecule has 0 aliphatic carbocycles. The summed E-state index contributed by atoms with van der Waals surface area (Å²) in [6.45, 7) is 0. The van der Waals surface area contributed by atoms with E-state index >= 15 is 0 Å². The van der Waals surface area contributed by atoms with Crippen molar-refractivity contribution in [3.63, 3.8) is 0 Å². The van der Waals surface area contributed by atoms with Crippen LogP contribution in [0.2, 0.25) is 5.02 Å². The van der Waals surface area contributed by atoms with Gasteiger partial charge in [-0.05, 0) is 41.8 Å². The number of nitrogens with two attached hydrogens (primary N) is 1. The fraction of sp³-hybridized carbons (Fsp3) is 0.143. The summed E-state index contributed by atoms with van der Waals surface area (Å²) >= 11 is 5.89. The van der Waals surface area contributed by atoms with Crippen molar-refractivity contribution in [1.29, 1.82) is 0 Å². The number of rotatable bonds is 3. The average Bonchev–Trinajstić information content (AvgIpc) is 2.33. The summed E-state index contributed by atoms with van der Waals surface area (Å²) in [7, 11) is 0. The molecule has 100 valence electrons. The van der Waals surface area contributed by atoms with E-state index < -0.39 is 23.5 Å². The molecule has 0 amide bonds. The molecule has 0 aliphatic rings. The second kappa shape index (κ2) is 5.63. The van der Waals surface area contributed by atoms with Gasteiger partial charge in [0.15, 0.2) is 11.6 Å². The molecule has 1 nitrogen and oxygen atoms in total. The molecule has 2 aromatic rings. The van der Waals surface area contributed by atoms with Crippen LogP contribution in [0.15, 0.2) is 36.4 Å². The van der Waals surface area contributed by atoms with Crippen LogP contribution in [0.5, 0.6) is 0 Å². The van der Waals surface area contributed by atoms with E-state index in [-0.39, 0.29) is 11.4 Å². The SMILES string of the molecule is NC(Cc1ccc(F)c(F)c1)c1ccc(F)cc1Cl. The fourth-order valence-electron chi connectivity index (χ4n) is 1.83. The maximum absolute atomic E-state index is 13.1. The maximum atomic E-state index is 13.1. The molecular formula is C14H11ClF3N. The van der Waals surface area contributed by atoms with Crippen LogP contribution in [-0.2, 0) is 6.42 Å². The van der Waals surface area contributed by atoms with Gasteiger partial charge in [-0.1, -0.05) is 23.7 Å². The Morgan fingerprint density at radius 3 is 2.37 bits per heavy atom. The van der Waals surface area contributed by atoms with Crippen molar-refractivity contribution >= 4 is 11.6 Å². The Labute approximate surface area is 113 Å². The van der Waals surface area contributed by atoms with Gasteiger partial charge in [0.2, 0.25) is 0 Å². The lowest BCUT2D eigenvalue weighted by Crippen LogP contribution is -2.14. The van der Waals surface area contributed by atoms with E-state index in [0.717, 1.165) is 12.1 Å². The second-order valence-electron chi connectivity index (χ2n) is 4.22. The lowest BCUT2D eigenvalue weighted by molar-refractivity contribution is 0.506. The lowest BCUT2D eigenvalue weighted by Gasteiger charge is -2.14. The Balaban J connectivity index is 2.20. The van der Waals surface area contributed by atoms with Gasteiger partial charge in [0.25, 0.3) is 0 Å². The van der Waals surface area contributed by atoms with Gasteiger partial charge in [-0.25, -0.2) is 13.2 Å². The molecule has 2 N–H and O–H groups in total. The minimum absolute atomic E-state index is 0.218. The highest BCUT2D eigenvalue weighted by Crippen LogP contribution is 2.25. The summed E-state index contributed by atoms with van der Waals surface area (Å²) < 4.78 is 38.8. The summed E-state index contributed by atoms with van der Waals surface area (Å²) in [6, 6.07) is 6.99. The molecule has 0 bridgehead atoms. The van der Waals surface area contributed by atoms with Crippen molar-refractivity contribution in [3.8, 4) is 0 Å². The lowest BCUT2D eigenvalue weighted by atomic mass is 9.99. The van der Waals surface area contributed by atoms with Crippen LogP contribution in [0.3, 0.4) is 0 Å². The Morgan fingerprint density at radius 2 is 1.74 bits per heavy atom. The first-order chi connectivity index (χ1) is 8.97. The normalized spacial score (nSPS) is 12.5. The van der Waals surface area contributed by atoms with Crippen LogP contribution < -0.4 is 5.73 Å². The van der Waals surface area contributed by atoms with E-state index in [9.17, 15) is 13.2 Å². The van der Waals surface area contributed by atoms with E-state index in [2.05, 4.69) is 0 Å². The zero-order valence-corrected chi connectivity index (χ0v) is 10.6. The van der Waals surface area contributed by atoms with Gasteiger partial charge >= 0.3 is 0 Å². The minimum atomic E-state index is -0.921. The molecule has 0 aromatic heterocycles. The first-order valence-electron chi connectivity index (χ1n) is 5.62. The highest BCUT2D eigenvalue weighted by atomic mass is 35.5. The highest BCUT2D eigenvalue weighted by Gasteiger charge is 2.13. The van der Waals surface area contributed by atoms with Crippen LogP contribution in [0.1, 0.15) is 17.2 Å². The first-order valence-corrected chi connectivity index (χ1v) is 5.99. The largest absolute Gasteiger partial charge is 0.324 e. The molecule has 0 aliphatic heterocycles. The predicted octanol–water partition coefficient (Wildman–Crippen LogP) is 4.00. The third-order valence-electron chi connectivity index (χ3n) is 2.80. The van der Waals surface area contributed by atoms with Crippen LogP contribution in [0.25, 0.3) is 0 Å². The van der Waals surface area contributed by atoms with E-state index in [1.807, 2.05) is 0 Å². The number of hydrogen-bond donors (Lipinski definition) is 1. The Hall–Kier alpha value is -1.52. The molecule has 0 saturated carbocycles. The second-order valence-corrected chi connectivity index (χ2v) is 4.63. The van der Waals surface area contributed by atoms with Crippen molar-refractivity contribution in [2.24, 2.45) is 5.73 Å². The monoisotopic (exact) mass is 285 g/mol. The molecular weight excluding hydrogens is 275 g/mol. The van der Waals surface area contributed by atoms with Gasteiger partial charge in [0, 0.05) is 11.1 Å². The van der Waals surface area contributed by atoms with Gasteiger partial charge in [-0.15, -0.1) is 0 Å². The third kappa shape index (κ3) is 3.28. The summed E-state index contributed by atoms with van der Waals surface area (Å²) in [5.41, 5.74) is 7.05. The highest BCUT2D eigenvalue weighted by molar-refractivity contribution is 6.31. The van der Waals surface area contributed by atoms with Crippen molar-refractivity contribution in [2.45, 2.75) is 12.5 Å². The van der Waals surface area contributed by atoms with E-state index in [1.54, 1.807) is 0 Å². The minimum Gasteiger partial charge on any atom is -0.324 e.